The average molecular weight is 477 g/mol. The Morgan fingerprint density at radius 3 is 2.50 bits per heavy atom. The Balaban J connectivity index is 1.61. The Morgan fingerprint density at radius 1 is 0.967 bits per heavy atom. The van der Waals surface area contributed by atoms with E-state index in [1.54, 1.807) is 6.20 Å². The molecule has 1 N–H and O–H groups in total. The van der Waals surface area contributed by atoms with E-state index in [-0.39, 0.29) is 5.69 Å². The van der Waals surface area contributed by atoms with Gasteiger partial charge in [-0.25, -0.2) is 0 Å². The van der Waals surface area contributed by atoms with Crippen molar-refractivity contribution >= 4 is 68.6 Å². The topological polar surface area (TPSA) is 55.6 Å². The number of aryl methyl sites for hydroxylation is 2. The fraction of sp³-hybridized carbons (Fsp3) is 0.143. The number of nitrogens with zero attached hydrogens (tertiary/aromatic N) is 4. The summed E-state index contributed by atoms with van der Waals surface area (Å²) in [5.41, 5.74) is 3.20. The molecule has 0 spiro atoms. The molecule has 9 heteroatoms. The van der Waals surface area contributed by atoms with Crippen LogP contribution in [0, 0.1) is 0 Å². The molecule has 0 atom stereocenters. The molecule has 30 heavy (non-hydrogen) atoms. The minimum Gasteiger partial charge on any atom is -0.343 e. The van der Waals surface area contributed by atoms with Crippen LogP contribution in [0.15, 0.2) is 66.9 Å². The Morgan fingerprint density at radius 2 is 1.73 bits per heavy atom. The van der Waals surface area contributed by atoms with Gasteiger partial charge in [-0.05, 0) is 24.1 Å². The molecule has 4 rings (SSSR count). The molecule has 0 unspecified atom stereocenters. The third-order valence-electron chi connectivity index (χ3n) is 4.46. The van der Waals surface area contributed by atoms with Gasteiger partial charge in [0.05, 0.1) is 17.7 Å². The number of para-hydroxylation sites is 1. The Labute approximate surface area is 194 Å². The first kappa shape index (κ1) is 21.0. The van der Waals surface area contributed by atoms with Gasteiger partial charge in [0.2, 0.25) is 3.79 Å². The lowest BCUT2D eigenvalue weighted by Gasteiger charge is -2.12. The summed E-state index contributed by atoms with van der Waals surface area (Å²) in [6, 6.07) is 19.7. The molecule has 2 aromatic heterocycles. The molecule has 0 amide bonds. The van der Waals surface area contributed by atoms with Gasteiger partial charge in [0, 0.05) is 11.6 Å². The van der Waals surface area contributed by atoms with Crippen LogP contribution in [0.5, 0.6) is 0 Å². The largest absolute Gasteiger partial charge is 0.343 e. The van der Waals surface area contributed by atoms with E-state index in [1.165, 1.54) is 4.80 Å². The molecule has 152 valence electrons. The lowest BCUT2D eigenvalue weighted by atomic mass is 10.2. The predicted octanol–water partition coefficient (Wildman–Crippen LogP) is 5.68. The highest BCUT2D eigenvalue weighted by atomic mass is 35.6. The first-order chi connectivity index (χ1) is 14.4. The maximum atomic E-state index is 6.15. The van der Waals surface area contributed by atoms with Crippen LogP contribution in [0.3, 0.4) is 0 Å². The van der Waals surface area contributed by atoms with Gasteiger partial charge >= 0.3 is 0 Å². The third-order valence-corrected chi connectivity index (χ3v) is 5.30. The van der Waals surface area contributed by atoms with E-state index < -0.39 is 3.79 Å². The molecule has 0 fully saturated rings. The van der Waals surface area contributed by atoms with Crippen molar-refractivity contribution in [3.63, 3.8) is 0 Å². The smallest absolute Gasteiger partial charge is 0.236 e. The van der Waals surface area contributed by atoms with E-state index in [1.807, 2.05) is 60.7 Å². The van der Waals surface area contributed by atoms with Crippen molar-refractivity contribution in [3.8, 4) is 0 Å². The third kappa shape index (κ3) is 4.73. The first-order valence-electron chi connectivity index (χ1n) is 9.13. The summed E-state index contributed by atoms with van der Waals surface area (Å²) in [5, 5.41) is 13.0. The van der Waals surface area contributed by atoms with Crippen LogP contribution in [-0.2, 0) is 16.8 Å². The Kier molecular flexibility index (Phi) is 6.20. The number of aromatic nitrogens is 4. The van der Waals surface area contributed by atoms with Crippen molar-refractivity contribution in [1.29, 1.82) is 0 Å². The molecule has 0 bridgehead atoms. The number of benzene rings is 2. The molecular weight excluding hydrogens is 461 g/mol. The van der Waals surface area contributed by atoms with Crippen molar-refractivity contribution in [2.75, 3.05) is 5.32 Å². The van der Waals surface area contributed by atoms with E-state index in [0.717, 1.165) is 28.6 Å². The van der Waals surface area contributed by atoms with Crippen LogP contribution in [0.1, 0.15) is 17.0 Å². The Hall–Kier alpha value is -2.25. The molecule has 4 aromatic rings. The summed E-state index contributed by atoms with van der Waals surface area (Å²) in [7, 11) is 0. The molecule has 5 nitrogen and oxygen atoms in total. The van der Waals surface area contributed by atoms with E-state index in [9.17, 15) is 0 Å². The number of nitrogens with one attached hydrogen (secondary N) is 1. The molecule has 2 aromatic carbocycles. The second-order valence-electron chi connectivity index (χ2n) is 6.56. The zero-order valence-corrected chi connectivity index (χ0v) is 18.7. The van der Waals surface area contributed by atoms with Gasteiger partial charge < -0.3 is 5.32 Å². The number of hydrogen-bond donors (Lipinski definition) is 1. The van der Waals surface area contributed by atoms with Crippen LogP contribution in [-0.4, -0.2) is 25.0 Å². The van der Waals surface area contributed by atoms with Crippen LogP contribution in [0.2, 0.25) is 0 Å². The van der Waals surface area contributed by atoms with Gasteiger partial charge in [-0.1, -0.05) is 95.6 Å². The van der Waals surface area contributed by atoms with Crippen LogP contribution >= 0.6 is 47.0 Å². The molecule has 0 saturated heterocycles. The minimum absolute atomic E-state index is 0.186. The lowest BCUT2D eigenvalue weighted by Crippen LogP contribution is -2.17. The number of anilines is 1. The quantitative estimate of drug-likeness (QED) is 0.296. The summed E-state index contributed by atoms with van der Waals surface area (Å²) < 4.78 is -1.76. The average Bonchev–Trinajstić information content (AvgIpc) is 3.18. The molecule has 0 aliphatic rings. The first-order valence-corrected chi connectivity index (χ1v) is 10.7. The highest BCUT2D eigenvalue weighted by Crippen LogP contribution is 2.38. The van der Waals surface area contributed by atoms with Crippen molar-refractivity contribution in [2.45, 2.75) is 16.8 Å². The molecule has 0 aliphatic heterocycles. The van der Waals surface area contributed by atoms with E-state index in [4.69, 9.17) is 47.0 Å². The molecule has 2 heterocycles. The number of hydrogen-bond acceptors (Lipinski definition) is 4. The second-order valence-corrected chi connectivity index (χ2v) is 9.25. The number of pyridine rings is 1. The van der Waals surface area contributed by atoms with Gasteiger partial charge in [-0.2, -0.15) is 15.0 Å². The minimum atomic E-state index is -1.76. The normalized spacial score (nSPS) is 11.6. The molecular formula is C21H16Cl3N5S. The van der Waals surface area contributed by atoms with Crippen molar-refractivity contribution < 1.29 is 0 Å². The number of rotatable bonds is 5. The van der Waals surface area contributed by atoms with Crippen molar-refractivity contribution in [3.05, 3.63) is 83.8 Å². The van der Waals surface area contributed by atoms with Gasteiger partial charge in [0.1, 0.15) is 16.4 Å². The summed E-state index contributed by atoms with van der Waals surface area (Å²) in [6.07, 6.45) is 2.46. The van der Waals surface area contributed by atoms with Gasteiger partial charge in [0.15, 0.2) is 0 Å². The molecule has 0 aliphatic carbocycles. The van der Waals surface area contributed by atoms with E-state index in [0.29, 0.717) is 17.2 Å². The number of halogens is 3. The highest BCUT2D eigenvalue weighted by Gasteiger charge is 2.33. The Bertz CT molecular complexity index is 1180. The number of fused-ring (bicyclic) bond motifs is 1. The fourth-order valence-corrected chi connectivity index (χ4v) is 3.68. The fourth-order valence-electron chi connectivity index (χ4n) is 3.05. The van der Waals surface area contributed by atoms with Gasteiger partial charge in [0.25, 0.3) is 0 Å². The monoisotopic (exact) mass is 475 g/mol. The zero-order chi connectivity index (χ0) is 21.1. The standard InChI is InChI=1S/C21H16Cl3N5S/c22-21(23,24)19-18(27-29(28-19)13-11-14-6-2-1-3-7-14)20(30)26-16-10-4-8-15-9-5-12-25-17(15)16/h1-10,12H,11,13H2,(H,26,30). The van der Waals surface area contributed by atoms with Crippen LogP contribution in [0.4, 0.5) is 5.69 Å². The van der Waals surface area contributed by atoms with Crippen LogP contribution < -0.4 is 5.32 Å². The van der Waals surface area contributed by atoms with Crippen molar-refractivity contribution in [2.24, 2.45) is 0 Å². The predicted molar refractivity (Wildman–Crippen MR) is 126 cm³/mol. The van der Waals surface area contributed by atoms with Crippen LogP contribution in [0.25, 0.3) is 10.9 Å². The van der Waals surface area contributed by atoms with E-state index >= 15 is 0 Å². The van der Waals surface area contributed by atoms with Gasteiger partial charge in [-0.15, -0.1) is 0 Å². The van der Waals surface area contributed by atoms with E-state index in [2.05, 4.69) is 20.5 Å². The SMILES string of the molecule is S=C(Nc1cccc2cccnc12)c1nn(CCc2ccccc2)nc1C(Cl)(Cl)Cl. The molecule has 0 saturated carbocycles. The highest BCUT2D eigenvalue weighted by molar-refractivity contribution is 7.81. The lowest BCUT2D eigenvalue weighted by molar-refractivity contribution is 0.532. The summed E-state index contributed by atoms with van der Waals surface area (Å²) >= 11 is 24.0. The summed E-state index contributed by atoms with van der Waals surface area (Å²) in [5.74, 6) is 0. The molecule has 0 radical (unpaired) electrons. The van der Waals surface area contributed by atoms with Crippen molar-refractivity contribution in [1.82, 2.24) is 20.0 Å². The van der Waals surface area contributed by atoms with Gasteiger partial charge in [-0.3, -0.25) is 4.98 Å². The maximum absolute atomic E-state index is 6.15. The number of thiocarbonyl (C=S) groups is 1. The number of alkyl halides is 3. The summed E-state index contributed by atoms with van der Waals surface area (Å²) in [6.45, 7) is 0.524. The second kappa shape index (κ2) is 8.86. The maximum Gasteiger partial charge on any atom is 0.236 e. The zero-order valence-electron chi connectivity index (χ0n) is 15.6. The summed E-state index contributed by atoms with van der Waals surface area (Å²) in [4.78, 5) is 6.24.